The Bertz CT molecular complexity index is 483. The zero-order valence-corrected chi connectivity index (χ0v) is 13.6. The highest BCUT2D eigenvalue weighted by Gasteiger charge is 2.28. The van der Waals surface area contributed by atoms with E-state index in [0.717, 1.165) is 30.5 Å². The molecule has 0 spiro atoms. The topological polar surface area (TPSA) is 32.9 Å². The maximum absolute atomic E-state index is 12.5. The van der Waals surface area contributed by atoms with Crippen LogP contribution in [0.1, 0.15) is 78.1 Å². The molecule has 2 heteroatoms. The summed E-state index contributed by atoms with van der Waals surface area (Å²) >= 11 is 0. The van der Waals surface area contributed by atoms with Gasteiger partial charge in [-0.25, -0.2) is 0 Å². The predicted octanol–water partition coefficient (Wildman–Crippen LogP) is 4.31. The van der Waals surface area contributed by atoms with E-state index in [1.807, 2.05) is 0 Å². The minimum Gasteiger partial charge on any atom is -0.326 e. The lowest BCUT2D eigenvalue weighted by atomic mass is 9.75. The van der Waals surface area contributed by atoms with Crippen LogP contribution in [0.3, 0.4) is 0 Å². The van der Waals surface area contributed by atoms with E-state index in [1.54, 1.807) is 0 Å². The number of H-pyrrole nitrogens is 1. The molecule has 0 saturated heterocycles. The van der Waals surface area contributed by atoms with Gasteiger partial charge in [0.1, 0.15) is 0 Å². The van der Waals surface area contributed by atoms with Crippen LogP contribution in [-0.4, -0.2) is 4.98 Å². The zero-order valence-electron chi connectivity index (χ0n) is 13.6. The third kappa shape index (κ3) is 3.95. The van der Waals surface area contributed by atoms with Gasteiger partial charge in [-0.15, -0.1) is 0 Å². The highest BCUT2D eigenvalue weighted by molar-refractivity contribution is 5.37. The Labute approximate surface area is 117 Å². The number of hydrogen-bond donors (Lipinski definition) is 1. The number of unbranched alkanes of at least 4 members (excludes halogenated alkanes) is 1. The summed E-state index contributed by atoms with van der Waals surface area (Å²) in [7, 11) is 0. The molecular formula is C17H29NO. The smallest absolute Gasteiger partial charge is 0.252 e. The second kappa shape index (κ2) is 5.52. The predicted molar refractivity (Wildman–Crippen MR) is 83.1 cm³/mol. The average molecular weight is 263 g/mol. The molecule has 1 N–H and O–H groups in total. The SMILES string of the molecule is CCCCc1cc(C(C)(C)C)c(C(C)(C)C)c(=O)[nH]1. The van der Waals surface area contributed by atoms with Gasteiger partial charge in [0.25, 0.3) is 5.56 Å². The number of aromatic amines is 1. The molecule has 0 amide bonds. The second-order valence-corrected chi connectivity index (χ2v) is 7.52. The number of hydrogen-bond acceptors (Lipinski definition) is 1. The lowest BCUT2D eigenvalue weighted by Gasteiger charge is -2.29. The molecule has 1 aromatic rings. The lowest BCUT2D eigenvalue weighted by Crippen LogP contribution is -2.32. The van der Waals surface area contributed by atoms with Crippen molar-refractivity contribution in [2.24, 2.45) is 0 Å². The second-order valence-electron chi connectivity index (χ2n) is 7.52. The van der Waals surface area contributed by atoms with Gasteiger partial charge < -0.3 is 4.98 Å². The number of aryl methyl sites for hydroxylation is 1. The molecule has 0 atom stereocenters. The summed E-state index contributed by atoms with van der Waals surface area (Å²) in [5.41, 5.74) is 3.16. The van der Waals surface area contributed by atoms with Crippen molar-refractivity contribution in [3.05, 3.63) is 33.2 Å². The van der Waals surface area contributed by atoms with Crippen LogP contribution in [0.5, 0.6) is 0 Å². The van der Waals surface area contributed by atoms with E-state index >= 15 is 0 Å². The summed E-state index contributed by atoms with van der Waals surface area (Å²) in [6.45, 7) is 15.0. The fourth-order valence-corrected chi connectivity index (χ4v) is 2.45. The summed E-state index contributed by atoms with van der Waals surface area (Å²) in [4.78, 5) is 15.5. The lowest BCUT2D eigenvalue weighted by molar-refractivity contribution is 0.520. The Balaban J connectivity index is 3.45. The van der Waals surface area contributed by atoms with Crippen LogP contribution in [0.2, 0.25) is 0 Å². The summed E-state index contributed by atoms with van der Waals surface area (Å²) in [5.74, 6) is 0. The highest BCUT2D eigenvalue weighted by Crippen LogP contribution is 2.31. The summed E-state index contributed by atoms with van der Waals surface area (Å²) in [6.07, 6.45) is 3.22. The Hall–Kier alpha value is -1.05. The zero-order chi connectivity index (χ0) is 14.8. The van der Waals surface area contributed by atoms with Gasteiger partial charge in [0.15, 0.2) is 0 Å². The molecule has 1 rings (SSSR count). The van der Waals surface area contributed by atoms with Crippen LogP contribution >= 0.6 is 0 Å². The first kappa shape index (κ1) is 16.0. The van der Waals surface area contributed by atoms with Crippen LogP contribution in [0.25, 0.3) is 0 Å². The normalized spacial score (nSPS) is 12.8. The van der Waals surface area contributed by atoms with Crippen LogP contribution in [-0.2, 0) is 17.3 Å². The van der Waals surface area contributed by atoms with Gasteiger partial charge in [-0.05, 0) is 35.3 Å². The average Bonchev–Trinajstić information content (AvgIpc) is 2.22. The van der Waals surface area contributed by atoms with Crippen LogP contribution in [0.15, 0.2) is 10.9 Å². The van der Waals surface area contributed by atoms with Crippen molar-refractivity contribution in [1.82, 2.24) is 4.98 Å². The van der Waals surface area contributed by atoms with Crippen molar-refractivity contribution in [1.29, 1.82) is 0 Å². The molecule has 19 heavy (non-hydrogen) atoms. The minimum atomic E-state index is -0.126. The molecule has 0 bridgehead atoms. The fourth-order valence-electron chi connectivity index (χ4n) is 2.45. The summed E-state index contributed by atoms with van der Waals surface area (Å²) in [5, 5.41) is 0. The molecule has 0 fully saturated rings. The van der Waals surface area contributed by atoms with Crippen molar-refractivity contribution >= 4 is 0 Å². The van der Waals surface area contributed by atoms with E-state index < -0.39 is 0 Å². The molecule has 0 saturated carbocycles. The third-order valence-corrected chi connectivity index (χ3v) is 3.45. The van der Waals surface area contributed by atoms with Gasteiger partial charge in [-0.1, -0.05) is 54.9 Å². The van der Waals surface area contributed by atoms with E-state index in [2.05, 4.69) is 59.5 Å². The van der Waals surface area contributed by atoms with E-state index in [-0.39, 0.29) is 16.4 Å². The van der Waals surface area contributed by atoms with Crippen molar-refractivity contribution in [2.75, 3.05) is 0 Å². The molecule has 2 nitrogen and oxygen atoms in total. The summed E-state index contributed by atoms with van der Waals surface area (Å²) in [6, 6.07) is 2.21. The first-order chi connectivity index (χ1) is 8.57. The van der Waals surface area contributed by atoms with Gasteiger partial charge in [0.05, 0.1) is 0 Å². The van der Waals surface area contributed by atoms with Gasteiger partial charge in [0.2, 0.25) is 0 Å². The molecule has 0 aliphatic carbocycles. The van der Waals surface area contributed by atoms with E-state index in [0.29, 0.717) is 0 Å². The van der Waals surface area contributed by atoms with Crippen molar-refractivity contribution in [3.8, 4) is 0 Å². The molecule has 0 aromatic carbocycles. The molecule has 0 unspecified atom stereocenters. The Morgan fingerprint density at radius 3 is 2.05 bits per heavy atom. The molecule has 0 aliphatic rings. The van der Waals surface area contributed by atoms with Gasteiger partial charge >= 0.3 is 0 Å². The molecular weight excluding hydrogens is 234 g/mol. The Morgan fingerprint density at radius 1 is 1.05 bits per heavy atom. The molecule has 0 aliphatic heterocycles. The standard InChI is InChI=1S/C17H29NO/c1-8-9-10-12-11-13(16(2,3)4)14(15(19)18-12)17(5,6)7/h11H,8-10H2,1-7H3,(H,18,19). The Kier molecular flexibility index (Phi) is 4.65. The quantitative estimate of drug-likeness (QED) is 0.866. The van der Waals surface area contributed by atoms with Crippen LogP contribution < -0.4 is 5.56 Å². The monoisotopic (exact) mass is 263 g/mol. The number of nitrogens with one attached hydrogen (secondary N) is 1. The number of aromatic nitrogens is 1. The number of pyridine rings is 1. The van der Waals surface area contributed by atoms with E-state index in [4.69, 9.17) is 0 Å². The maximum atomic E-state index is 12.5. The first-order valence-electron chi connectivity index (χ1n) is 7.34. The van der Waals surface area contributed by atoms with Gasteiger partial charge in [-0.3, -0.25) is 4.79 Å². The molecule has 0 radical (unpaired) electrons. The molecule has 1 aromatic heterocycles. The third-order valence-electron chi connectivity index (χ3n) is 3.45. The minimum absolute atomic E-state index is 0.00214. The first-order valence-corrected chi connectivity index (χ1v) is 7.34. The van der Waals surface area contributed by atoms with E-state index in [1.165, 1.54) is 5.56 Å². The fraction of sp³-hybridized carbons (Fsp3) is 0.706. The molecule has 1 heterocycles. The Morgan fingerprint density at radius 2 is 1.63 bits per heavy atom. The van der Waals surface area contributed by atoms with Crippen molar-refractivity contribution in [3.63, 3.8) is 0 Å². The van der Waals surface area contributed by atoms with E-state index in [9.17, 15) is 4.79 Å². The largest absolute Gasteiger partial charge is 0.326 e. The van der Waals surface area contributed by atoms with Gasteiger partial charge in [-0.2, -0.15) is 0 Å². The highest BCUT2D eigenvalue weighted by atomic mass is 16.1. The summed E-state index contributed by atoms with van der Waals surface area (Å²) < 4.78 is 0. The van der Waals surface area contributed by atoms with Crippen molar-refractivity contribution < 1.29 is 0 Å². The van der Waals surface area contributed by atoms with Crippen LogP contribution in [0, 0.1) is 0 Å². The van der Waals surface area contributed by atoms with Crippen molar-refractivity contribution in [2.45, 2.75) is 78.6 Å². The molecule has 108 valence electrons. The number of rotatable bonds is 3. The van der Waals surface area contributed by atoms with Crippen LogP contribution in [0.4, 0.5) is 0 Å². The maximum Gasteiger partial charge on any atom is 0.252 e. The van der Waals surface area contributed by atoms with Gasteiger partial charge in [0, 0.05) is 11.3 Å².